The smallest absolute Gasteiger partial charge is 0.319 e. The van der Waals surface area contributed by atoms with Gasteiger partial charge in [-0.05, 0) is 79.4 Å². The highest BCUT2D eigenvalue weighted by atomic mass is 79.9. The first-order valence-corrected chi connectivity index (χ1v) is 17.4. The third-order valence-electron chi connectivity index (χ3n) is 6.60. The third-order valence-corrected chi connectivity index (χ3v) is 8.08. The Morgan fingerprint density at radius 3 is 1.68 bits per heavy atom. The monoisotopic (exact) mass is 946 g/mol. The van der Waals surface area contributed by atoms with E-state index in [1.165, 1.54) is 14.2 Å². The highest BCUT2D eigenvalue weighted by Crippen LogP contribution is 2.20. The van der Waals surface area contributed by atoms with Gasteiger partial charge in [0.15, 0.2) is 0 Å². The van der Waals surface area contributed by atoms with Crippen molar-refractivity contribution in [3.05, 3.63) is 104 Å². The molecule has 0 bridgehead atoms. The van der Waals surface area contributed by atoms with Crippen LogP contribution in [-0.2, 0) is 44.0 Å². The van der Waals surface area contributed by atoms with Crippen LogP contribution in [0.25, 0.3) is 0 Å². The number of methoxy groups -OCH3 is 4. The number of nitrogens with zero attached hydrogens (tertiary/aromatic N) is 3. The van der Waals surface area contributed by atoms with E-state index in [0.29, 0.717) is 31.3 Å². The number of ether oxygens (including phenoxy) is 4. The molecule has 0 atom stereocenters. The number of carbonyl (C=O) groups is 2. The molecule has 0 spiro atoms. The molecule has 2 aromatic carbocycles. The van der Waals surface area contributed by atoms with Gasteiger partial charge in [0.2, 0.25) is 0 Å². The predicted octanol–water partition coefficient (Wildman–Crippen LogP) is 6.47. The number of aromatic nitrogens is 2. The molecule has 272 valence electrons. The van der Waals surface area contributed by atoms with E-state index in [1.54, 1.807) is 26.6 Å². The molecule has 0 fully saturated rings. The average molecular weight is 950 g/mol. The van der Waals surface area contributed by atoms with Gasteiger partial charge in [-0.2, -0.15) is 0 Å². The zero-order valence-electron chi connectivity index (χ0n) is 28.2. The lowest BCUT2D eigenvalue weighted by molar-refractivity contribution is -0.142. The van der Waals surface area contributed by atoms with Crippen LogP contribution < -0.4 is 26.3 Å². The number of rotatable bonds is 13. The number of anilines is 2. The maximum atomic E-state index is 11.7. The SMILES string of the molecule is Br.COC(=O)CN(Cc1ccc(OC)cc1)Cc1cc(Br)cnc1N.COC(=O)CNCc1ccc(OC)cc1.Nc1ncc(Br)cc1CBr. The van der Waals surface area contributed by atoms with Gasteiger partial charge >= 0.3 is 11.9 Å². The van der Waals surface area contributed by atoms with Gasteiger partial charge in [0.05, 0.1) is 41.5 Å². The molecular weight excluding hydrogens is 908 g/mol. The second-order valence-electron chi connectivity index (χ2n) is 10.1. The largest absolute Gasteiger partial charge is 0.497 e. The lowest BCUT2D eigenvalue weighted by Crippen LogP contribution is -2.30. The highest BCUT2D eigenvalue weighted by molar-refractivity contribution is 9.10. The summed E-state index contributed by atoms with van der Waals surface area (Å²) in [5.74, 6) is 2.09. The lowest BCUT2D eigenvalue weighted by atomic mass is 10.1. The molecule has 2 heterocycles. The molecule has 16 heteroatoms. The summed E-state index contributed by atoms with van der Waals surface area (Å²) in [5, 5.41) is 3.72. The first-order valence-electron chi connectivity index (χ1n) is 14.7. The van der Waals surface area contributed by atoms with Crippen LogP contribution in [0.3, 0.4) is 0 Å². The molecule has 4 aromatic rings. The number of hydrogen-bond acceptors (Lipinski definition) is 12. The van der Waals surface area contributed by atoms with Crippen molar-refractivity contribution in [2.45, 2.75) is 25.0 Å². The average Bonchev–Trinajstić information content (AvgIpc) is 3.11. The van der Waals surface area contributed by atoms with E-state index in [0.717, 1.165) is 48.0 Å². The van der Waals surface area contributed by atoms with Crippen molar-refractivity contribution in [2.75, 3.05) is 53.0 Å². The molecule has 0 radical (unpaired) electrons. The molecule has 0 saturated heterocycles. The summed E-state index contributed by atoms with van der Waals surface area (Å²) in [6.45, 7) is 2.08. The Kier molecular flexibility index (Phi) is 22.2. The fourth-order valence-corrected chi connectivity index (χ4v) is 5.19. The zero-order valence-corrected chi connectivity index (χ0v) is 34.6. The standard InChI is InChI=1S/C17H20BrN3O3.C11H15NO3.C6H6Br2N2.BrH/c1-23-15-5-3-12(4-6-15)9-21(11-16(22)24-2)10-13-7-14(18)8-20-17(13)19;1-14-10-5-3-9(4-6-10)7-12-8-11(13)15-2;7-2-4-1-5(8)3-10-6(4)9;/h3-8H,9-11H2,1-2H3,(H2,19,20);3-6,12H,7-8H2,1-2H3;1,3H,2H2,(H2,9,10);1H. The van der Waals surface area contributed by atoms with E-state index in [2.05, 4.69) is 67.8 Å². The molecule has 2 aromatic heterocycles. The quantitative estimate of drug-likeness (QED) is 0.0991. The van der Waals surface area contributed by atoms with Gasteiger partial charge in [-0.15, -0.1) is 17.0 Å². The molecule has 12 nitrogen and oxygen atoms in total. The number of halogens is 4. The second-order valence-corrected chi connectivity index (χ2v) is 12.5. The molecule has 50 heavy (non-hydrogen) atoms. The van der Waals surface area contributed by atoms with Gasteiger partial charge in [0, 0.05) is 57.4 Å². The number of benzene rings is 2. The Morgan fingerprint density at radius 1 is 0.740 bits per heavy atom. The van der Waals surface area contributed by atoms with Crippen LogP contribution in [0.5, 0.6) is 11.5 Å². The number of hydrogen-bond donors (Lipinski definition) is 3. The molecule has 5 N–H and O–H groups in total. The number of alkyl halides is 1. The predicted molar refractivity (Wildman–Crippen MR) is 211 cm³/mol. The van der Waals surface area contributed by atoms with Crippen LogP contribution in [0, 0.1) is 0 Å². The van der Waals surface area contributed by atoms with Crippen molar-refractivity contribution in [3.8, 4) is 11.5 Å². The summed E-state index contributed by atoms with van der Waals surface area (Å²) >= 11 is 9.99. The van der Waals surface area contributed by atoms with Gasteiger partial charge in [-0.1, -0.05) is 40.2 Å². The van der Waals surface area contributed by atoms with Crippen LogP contribution in [-0.4, -0.2) is 68.3 Å². The summed E-state index contributed by atoms with van der Waals surface area (Å²) < 4.78 is 21.3. The summed E-state index contributed by atoms with van der Waals surface area (Å²) in [4.78, 5) is 32.5. The second kappa shape index (κ2) is 24.8. The number of pyridine rings is 2. The molecule has 0 aliphatic carbocycles. The van der Waals surface area contributed by atoms with Crippen LogP contribution in [0.15, 0.2) is 82.0 Å². The van der Waals surface area contributed by atoms with Crippen molar-refractivity contribution < 1.29 is 28.5 Å². The van der Waals surface area contributed by atoms with E-state index in [1.807, 2.05) is 65.6 Å². The lowest BCUT2D eigenvalue weighted by Gasteiger charge is -2.22. The van der Waals surface area contributed by atoms with E-state index >= 15 is 0 Å². The zero-order chi connectivity index (χ0) is 36.2. The Bertz CT molecular complexity index is 1600. The molecular formula is C34H42Br4N6O6. The molecule has 0 aliphatic heterocycles. The Balaban J connectivity index is 0.000000410. The van der Waals surface area contributed by atoms with Gasteiger partial charge in [-0.25, -0.2) is 9.97 Å². The minimum absolute atomic E-state index is 0. The summed E-state index contributed by atoms with van der Waals surface area (Å²) in [5.41, 5.74) is 15.5. The van der Waals surface area contributed by atoms with E-state index in [4.69, 9.17) is 25.7 Å². The van der Waals surface area contributed by atoms with Crippen molar-refractivity contribution in [1.29, 1.82) is 0 Å². The fraction of sp³-hybridized carbons (Fsp3) is 0.294. The summed E-state index contributed by atoms with van der Waals surface area (Å²) in [6, 6.07) is 19.2. The van der Waals surface area contributed by atoms with Crippen molar-refractivity contribution in [1.82, 2.24) is 20.2 Å². The van der Waals surface area contributed by atoms with Gasteiger partial charge < -0.3 is 35.7 Å². The van der Waals surface area contributed by atoms with Crippen molar-refractivity contribution in [3.63, 3.8) is 0 Å². The molecule has 0 unspecified atom stereocenters. The molecule has 0 amide bonds. The topological polar surface area (TPSA) is 164 Å². The third kappa shape index (κ3) is 17.1. The van der Waals surface area contributed by atoms with Crippen LogP contribution in [0.4, 0.5) is 11.6 Å². The van der Waals surface area contributed by atoms with Crippen LogP contribution in [0.1, 0.15) is 22.3 Å². The van der Waals surface area contributed by atoms with Gasteiger partial charge in [0.25, 0.3) is 0 Å². The fourth-order valence-electron chi connectivity index (χ4n) is 3.99. The Labute approximate surface area is 328 Å². The number of esters is 2. The Hall–Kier alpha value is -3.28. The normalized spacial score (nSPS) is 10.0. The van der Waals surface area contributed by atoms with Crippen molar-refractivity contribution >= 4 is 88.3 Å². The molecule has 0 aliphatic rings. The first-order chi connectivity index (χ1) is 23.5. The number of nitrogen functional groups attached to an aromatic ring is 2. The van der Waals surface area contributed by atoms with Gasteiger partial charge in [-0.3, -0.25) is 14.5 Å². The number of carbonyl (C=O) groups excluding carboxylic acids is 2. The minimum atomic E-state index is -0.301. The van der Waals surface area contributed by atoms with Crippen LogP contribution in [0.2, 0.25) is 0 Å². The van der Waals surface area contributed by atoms with E-state index in [-0.39, 0.29) is 42.0 Å². The highest BCUT2D eigenvalue weighted by Gasteiger charge is 2.15. The van der Waals surface area contributed by atoms with E-state index < -0.39 is 0 Å². The van der Waals surface area contributed by atoms with Crippen molar-refractivity contribution in [2.24, 2.45) is 0 Å². The Morgan fingerprint density at radius 2 is 1.22 bits per heavy atom. The van der Waals surface area contributed by atoms with Gasteiger partial charge in [0.1, 0.15) is 23.1 Å². The summed E-state index contributed by atoms with van der Waals surface area (Å²) in [7, 11) is 6.01. The minimum Gasteiger partial charge on any atom is -0.497 e. The molecule has 4 rings (SSSR count). The first kappa shape index (κ1) is 44.7. The maximum Gasteiger partial charge on any atom is 0.319 e. The number of nitrogens with two attached hydrogens (primary N) is 2. The number of nitrogens with one attached hydrogen (secondary N) is 1. The molecule has 0 saturated carbocycles. The summed E-state index contributed by atoms with van der Waals surface area (Å²) in [6.07, 6.45) is 3.33. The van der Waals surface area contributed by atoms with E-state index in [9.17, 15) is 9.59 Å². The van der Waals surface area contributed by atoms with Crippen LogP contribution >= 0.6 is 64.8 Å². The maximum absolute atomic E-state index is 11.7.